The van der Waals surface area contributed by atoms with Gasteiger partial charge in [0.05, 0.1) is 11.7 Å². The Morgan fingerprint density at radius 3 is 2.86 bits per heavy atom. The van der Waals surface area contributed by atoms with Gasteiger partial charge in [0.25, 0.3) is 0 Å². The van der Waals surface area contributed by atoms with E-state index in [0.717, 1.165) is 25.2 Å². The summed E-state index contributed by atoms with van der Waals surface area (Å²) in [6, 6.07) is 0.301. The van der Waals surface area contributed by atoms with Gasteiger partial charge in [-0.3, -0.25) is 14.9 Å². The maximum Gasteiger partial charge on any atom is 0.0755 e. The average molecular weight is 194 g/mol. The minimum absolute atomic E-state index is 0.301. The van der Waals surface area contributed by atoms with E-state index in [1.807, 2.05) is 6.20 Å². The molecule has 0 aliphatic heterocycles. The summed E-state index contributed by atoms with van der Waals surface area (Å²) in [5, 5.41) is 0. The van der Waals surface area contributed by atoms with Crippen molar-refractivity contribution in [2.45, 2.75) is 19.4 Å². The molecule has 0 radical (unpaired) electrons. The van der Waals surface area contributed by atoms with Gasteiger partial charge in [0.2, 0.25) is 0 Å². The van der Waals surface area contributed by atoms with Gasteiger partial charge in [-0.05, 0) is 33.5 Å². The Morgan fingerprint density at radius 1 is 1.50 bits per heavy atom. The van der Waals surface area contributed by atoms with Gasteiger partial charge < -0.3 is 5.73 Å². The Morgan fingerprint density at radius 2 is 2.29 bits per heavy atom. The van der Waals surface area contributed by atoms with Crippen LogP contribution in [0.5, 0.6) is 0 Å². The van der Waals surface area contributed by atoms with Gasteiger partial charge in [0.1, 0.15) is 0 Å². The lowest BCUT2D eigenvalue weighted by molar-refractivity contribution is 0.255. The van der Waals surface area contributed by atoms with Crippen LogP contribution in [-0.4, -0.2) is 35.0 Å². The van der Waals surface area contributed by atoms with Crippen LogP contribution >= 0.6 is 0 Å². The molecule has 0 aliphatic rings. The summed E-state index contributed by atoms with van der Waals surface area (Å²) in [6.45, 7) is 3.85. The standard InChI is InChI=1S/C10H18N4/c1-9(14(2)7-3-4-11)10-8-12-5-6-13-10/h5-6,8-9H,3-4,7,11H2,1-2H3. The molecule has 0 fully saturated rings. The first-order valence-electron chi connectivity index (χ1n) is 4.92. The molecule has 0 saturated heterocycles. The normalized spacial score (nSPS) is 13.1. The van der Waals surface area contributed by atoms with Crippen molar-refractivity contribution >= 4 is 0 Å². The minimum atomic E-state index is 0.301. The highest BCUT2D eigenvalue weighted by Gasteiger charge is 2.11. The molecule has 4 nitrogen and oxygen atoms in total. The highest BCUT2D eigenvalue weighted by molar-refractivity contribution is 5.00. The van der Waals surface area contributed by atoms with Crippen LogP contribution in [0, 0.1) is 0 Å². The molecule has 1 unspecified atom stereocenters. The van der Waals surface area contributed by atoms with Crippen LogP contribution in [0.1, 0.15) is 25.1 Å². The molecule has 1 atom stereocenters. The zero-order chi connectivity index (χ0) is 10.4. The van der Waals surface area contributed by atoms with E-state index in [0.29, 0.717) is 6.04 Å². The van der Waals surface area contributed by atoms with Crippen LogP contribution in [-0.2, 0) is 0 Å². The largest absolute Gasteiger partial charge is 0.330 e. The van der Waals surface area contributed by atoms with Crippen LogP contribution in [0.2, 0.25) is 0 Å². The van der Waals surface area contributed by atoms with Gasteiger partial charge >= 0.3 is 0 Å². The molecular weight excluding hydrogens is 176 g/mol. The number of hydrogen-bond donors (Lipinski definition) is 1. The van der Waals surface area contributed by atoms with Crippen LogP contribution in [0.25, 0.3) is 0 Å². The molecule has 0 bridgehead atoms. The van der Waals surface area contributed by atoms with Gasteiger partial charge in [-0.15, -0.1) is 0 Å². The summed E-state index contributed by atoms with van der Waals surface area (Å²) in [5.74, 6) is 0. The molecule has 0 saturated carbocycles. The molecule has 0 aliphatic carbocycles. The lowest BCUT2D eigenvalue weighted by Crippen LogP contribution is -2.25. The molecule has 4 heteroatoms. The van der Waals surface area contributed by atoms with Gasteiger partial charge in [0.15, 0.2) is 0 Å². The molecule has 0 amide bonds. The van der Waals surface area contributed by atoms with Crippen molar-refractivity contribution in [3.63, 3.8) is 0 Å². The van der Waals surface area contributed by atoms with Crippen molar-refractivity contribution in [1.29, 1.82) is 0 Å². The number of nitrogens with zero attached hydrogens (tertiary/aromatic N) is 3. The maximum absolute atomic E-state index is 5.46. The van der Waals surface area contributed by atoms with Crippen LogP contribution in [0.3, 0.4) is 0 Å². The molecule has 2 N–H and O–H groups in total. The molecule has 14 heavy (non-hydrogen) atoms. The number of hydrogen-bond acceptors (Lipinski definition) is 4. The smallest absolute Gasteiger partial charge is 0.0755 e. The van der Waals surface area contributed by atoms with E-state index in [9.17, 15) is 0 Å². The SMILES string of the molecule is CC(c1cnccn1)N(C)CCCN. The Kier molecular flexibility index (Phi) is 4.49. The van der Waals surface area contributed by atoms with E-state index < -0.39 is 0 Å². The molecule has 1 aromatic rings. The van der Waals surface area contributed by atoms with E-state index in [4.69, 9.17) is 5.73 Å². The average Bonchev–Trinajstić information content (AvgIpc) is 2.26. The maximum atomic E-state index is 5.46. The van der Waals surface area contributed by atoms with Gasteiger partial charge in [-0.25, -0.2) is 0 Å². The predicted molar refractivity (Wildman–Crippen MR) is 56.7 cm³/mol. The molecule has 1 rings (SSSR count). The van der Waals surface area contributed by atoms with Crippen molar-refractivity contribution in [1.82, 2.24) is 14.9 Å². The summed E-state index contributed by atoms with van der Waals surface area (Å²) in [5.41, 5.74) is 6.47. The second kappa shape index (κ2) is 5.67. The Labute approximate surface area is 85.2 Å². The van der Waals surface area contributed by atoms with Crippen molar-refractivity contribution < 1.29 is 0 Å². The molecular formula is C10H18N4. The van der Waals surface area contributed by atoms with Gasteiger partial charge in [-0.1, -0.05) is 0 Å². The van der Waals surface area contributed by atoms with Crippen molar-refractivity contribution in [3.8, 4) is 0 Å². The van der Waals surface area contributed by atoms with Crippen LogP contribution in [0.4, 0.5) is 0 Å². The zero-order valence-electron chi connectivity index (χ0n) is 8.85. The van der Waals surface area contributed by atoms with Gasteiger partial charge in [0, 0.05) is 18.6 Å². The molecule has 0 aromatic carbocycles. The first-order chi connectivity index (χ1) is 6.75. The third-order valence-corrected chi connectivity index (χ3v) is 2.39. The summed E-state index contributed by atoms with van der Waals surface area (Å²) >= 11 is 0. The number of aromatic nitrogens is 2. The third-order valence-electron chi connectivity index (χ3n) is 2.39. The fraction of sp³-hybridized carbons (Fsp3) is 0.600. The summed E-state index contributed by atoms with van der Waals surface area (Å²) in [6.07, 6.45) is 6.24. The highest BCUT2D eigenvalue weighted by atomic mass is 15.1. The van der Waals surface area contributed by atoms with E-state index in [1.54, 1.807) is 12.4 Å². The summed E-state index contributed by atoms with van der Waals surface area (Å²) in [4.78, 5) is 10.6. The lowest BCUT2D eigenvalue weighted by atomic mass is 10.2. The highest BCUT2D eigenvalue weighted by Crippen LogP contribution is 2.14. The molecule has 1 aromatic heterocycles. The first kappa shape index (κ1) is 11.1. The van der Waals surface area contributed by atoms with Crippen molar-refractivity contribution in [3.05, 3.63) is 24.3 Å². The van der Waals surface area contributed by atoms with Gasteiger partial charge in [-0.2, -0.15) is 0 Å². The second-order valence-corrected chi connectivity index (χ2v) is 3.43. The molecule has 0 spiro atoms. The quantitative estimate of drug-likeness (QED) is 0.754. The number of rotatable bonds is 5. The van der Waals surface area contributed by atoms with Crippen LogP contribution < -0.4 is 5.73 Å². The van der Waals surface area contributed by atoms with Crippen molar-refractivity contribution in [2.24, 2.45) is 5.73 Å². The van der Waals surface area contributed by atoms with E-state index in [-0.39, 0.29) is 0 Å². The Balaban J connectivity index is 2.52. The predicted octanol–water partition coefficient (Wildman–Crippen LogP) is 0.818. The van der Waals surface area contributed by atoms with E-state index >= 15 is 0 Å². The third kappa shape index (κ3) is 3.05. The lowest BCUT2D eigenvalue weighted by Gasteiger charge is -2.23. The van der Waals surface area contributed by atoms with Crippen LogP contribution in [0.15, 0.2) is 18.6 Å². The minimum Gasteiger partial charge on any atom is -0.330 e. The van der Waals surface area contributed by atoms with E-state index in [2.05, 4.69) is 28.8 Å². The topological polar surface area (TPSA) is 55.0 Å². The summed E-state index contributed by atoms with van der Waals surface area (Å²) < 4.78 is 0. The monoisotopic (exact) mass is 194 g/mol. The van der Waals surface area contributed by atoms with Crippen molar-refractivity contribution in [2.75, 3.05) is 20.1 Å². The second-order valence-electron chi connectivity index (χ2n) is 3.43. The fourth-order valence-corrected chi connectivity index (χ4v) is 1.29. The zero-order valence-corrected chi connectivity index (χ0v) is 8.85. The molecule has 1 heterocycles. The number of nitrogens with two attached hydrogens (primary N) is 1. The Bertz CT molecular complexity index is 250. The Hall–Kier alpha value is -1.00. The van der Waals surface area contributed by atoms with E-state index in [1.165, 1.54) is 0 Å². The fourth-order valence-electron chi connectivity index (χ4n) is 1.29. The summed E-state index contributed by atoms with van der Waals surface area (Å²) in [7, 11) is 2.08. The molecule has 78 valence electrons. The first-order valence-corrected chi connectivity index (χ1v) is 4.92.